The average molecular weight is 209 g/mol. The quantitative estimate of drug-likeness (QED) is 0.375. The molecule has 6 heteroatoms. The molecular formula is C7H15NO4S. The van der Waals surface area contributed by atoms with Crippen molar-refractivity contribution in [1.82, 2.24) is 4.72 Å². The Bertz CT molecular complexity index is 185. The summed E-state index contributed by atoms with van der Waals surface area (Å²) in [6.07, 6.45) is 0.734. The summed E-state index contributed by atoms with van der Waals surface area (Å²) in [6.45, 7) is 3.98. The van der Waals surface area contributed by atoms with Gasteiger partial charge in [-0.15, -0.1) is 0 Å². The molecule has 2 atom stereocenters. The Hall–Kier alpha value is -0.460. The van der Waals surface area contributed by atoms with E-state index in [1.807, 2.05) is 6.92 Å². The summed E-state index contributed by atoms with van der Waals surface area (Å²) in [5, 5.41) is 0. The molecule has 0 amide bonds. The second-order valence-corrected chi connectivity index (χ2v) is 3.41. The van der Waals surface area contributed by atoms with Crippen molar-refractivity contribution in [2.75, 3.05) is 13.2 Å². The maximum atomic E-state index is 11.0. The monoisotopic (exact) mass is 209 g/mol. The van der Waals surface area contributed by atoms with Gasteiger partial charge in [0.25, 0.3) is 0 Å². The first-order valence-corrected chi connectivity index (χ1v) is 5.19. The Labute approximate surface area is 80.3 Å². The molecule has 0 aromatic heterocycles. The lowest BCUT2D eigenvalue weighted by Gasteiger charge is -2.08. The topological polar surface area (TPSA) is 75.6 Å². The highest BCUT2D eigenvalue weighted by Gasteiger charge is 2.10. The molecule has 0 aromatic carbocycles. The molecule has 0 spiro atoms. The molecule has 0 aliphatic carbocycles. The highest BCUT2D eigenvalue weighted by atomic mass is 32.2. The number of hydrogen-bond donors (Lipinski definition) is 2. The van der Waals surface area contributed by atoms with Gasteiger partial charge in [-0.25, -0.2) is 8.93 Å². The van der Waals surface area contributed by atoms with Crippen LogP contribution in [0.2, 0.25) is 0 Å². The fourth-order valence-electron chi connectivity index (χ4n) is 0.590. The molecule has 0 aromatic rings. The van der Waals surface area contributed by atoms with Crippen LogP contribution in [0.1, 0.15) is 20.3 Å². The predicted octanol–water partition coefficient (Wildman–Crippen LogP) is 0.302. The molecule has 2 unspecified atom stereocenters. The summed E-state index contributed by atoms with van der Waals surface area (Å²) in [6, 6.07) is 0. The van der Waals surface area contributed by atoms with Crippen LogP contribution in [0.4, 0.5) is 0 Å². The van der Waals surface area contributed by atoms with Gasteiger partial charge in [-0.2, -0.15) is 0 Å². The molecule has 0 heterocycles. The number of hydrogen-bond acceptors (Lipinski definition) is 3. The molecule has 2 N–H and O–H groups in total. The zero-order chi connectivity index (χ0) is 10.3. The SMILES string of the molecule is CCC(C)C(=O)OCCNS(=O)O. The Balaban J connectivity index is 3.42. The molecule has 78 valence electrons. The van der Waals surface area contributed by atoms with Crippen molar-refractivity contribution in [3.8, 4) is 0 Å². The van der Waals surface area contributed by atoms with Crippen LogP contribution in [0.5, 0.6) is 0 Å². The van der Waals surface area contributed by atoms with Crippen LogP contribution in [0, 0.1) is 5.92 Å². The molecule has 0 saturated carbocycles. The molecule has 0 aliphatic heterocycles. The van der Waals surface area contributed by atoms with Crippen LogP contribution in [0.3, 0.4) is 0 Å². The lowest BCUT2D eigenvalue weighted by Crippen LogP contribution is -2.24. The van der Waals surface area contributed by atoms with Gasteiger partial charge in [0.15, 0.2) is 0 Å². The van der Waals surface area contributed by atoms with E-state index in [1.54, 1.807) is 6.92 Å². The van der Waals surface area contributed by atoms with Gasteiger partial charge in [0.05, 0.1) is 5.92 Å². The van der Waals surface area contributed by atoms with Gasteiger partial charge in [-0.1, -0.05) is 13.8 Å². The van der Waals surface area contributed by atoms with Crippen molar-refractivity contribution in [2.45, 2.75) is 20.3 Å². The Morgan fingerprint density at radius 1 is 1.69 bits per heavy atom. The van der Waals surface area contributed by atoms with Gasteiger partial charge in [-0.3, -0.25) is 9.35 Å². The van der Waals surface area contributed by atoms with Crippen molar-refractivity contribution in [3.63, 3.8) is 0 Å². The van der Waals surface area contributed by atoms with E-state index in [0.717, 1.165) is 6.42 Å². The van der Waals surface area contributed by atoms with Gasteiger partial charge in [0.1, 0.15) is 6.61 Å². The minimum Gasteiger partial charge on any atom is -0.464 e. The van der Waals surface area contributed by atoms with Crippen LogP contribution in [-0.4, -0.2) is 27.9 Å². The van der Waals surface area contributed by atoms with E-state index in [0.29, 0.717) is 0 Å². The van der Waals surface area contributed by atoms with Gasteiger partial charge in [0, 0.05) is 6.54 Å². The van der Waals surface area contributed by atoms with E-state index in [-0.39, 0.29) is 25.0 Å². The standard InChI is InChI=1S/C7H15NO4S/c1-3-6(2)7(9)12-5-4-8-13(10)11/h6,8H,3-5H2,1-2H3,(H,10,11). The van der Waals surface area contributed by atoms with Crippen molar-refractivity contribution >= 4 is 17.2 Å². The van der Waals surface area contributed by atoms with Gasteiger partial charge in [0.2, 0.25) is 11.3 Å². The summed E-state index contributed by atoms with van der Waals surface area (Å²) in [4.78, 5) is 11.0. The first-order chi connectivity index (χ1) is 6.07. The summed E-state index contributed by atoms with van der Waals surface area (Å²) in [7, 11) is 0. The molecule has 13 heavy (non-hydrogen) atoms. The third-order valence-electron chi connectivity index (χ3n) is 1.59. The minimum absolute atomic E-state index is 0.111. The molecule has 0 rings (SSSR count). The van der Waals surface area contributed by atoms with E-state index in [2.05, 4.69) is 4.72 Å². The fourth-order valence-corrected chi connectivity index (χ4v) is 0.847. The first kappa shape index (κ1) is 12.5. The summed E-state index contributed by atoms with van der Waals surface area (Å²) >= 11 is -2.03. The number of rotatable bonds is 6. The fraction of sp³-hybridized carbons (Fsp3) is 0.857. The van der Waals surface area contributed by atoms with E-state index in [1.165, 1.54) is 0 Å². The number of nitrogens with one attached hydrogen (secondary N) is 1. The second-order valence-electron chi connectivity index (χ2n) is 2.62. The maximum Gasteiger partial charge on any atom is 0.308 e. The molecule has 0 fully saturated rings. The summed E-state index contributed by atoms with van der Waals surface area (Å²) in [5.74, 6) is -0.382. The smallest absolute Gasteiger partial charge is 0.308 e. The number of carbonyl (C=O) groups excluding carboxylic acids is 1. The van der Waals surface area contributed by atoms with Gasteiger partial charge in [-0.05, 0) is 6.42 Å². The third-order valence-corrected chi connectivity index (χ3v) is 2.04. The zero-order valence-electron chi connectivity index (χ0n) is 7.78. The van der Waals surface area contributed by atoms with Crippen LogP contribution < -0.4 is 4.72 Å². The zero-order valence-corrected chi connectivity index (χ0v) is 8.60. The van der Waals surface area contributed by atoms with E-state index in [4.69, 9.17) is 9.29 Å². The summed E-state index contributed by atoms with van der Waals surface area (Å²) < 4.78 is 25.4. The average Bonchev–Trinajstić information content (AvgIpc) is 2.10. The van der Waals surface area contributed by atoms with Crippen LogP contribution in [0.25, 0.3) is 0 Å². The largest absolute Gasteiger partial charge is 0.464 e. The Kier molecular flexibility index (Phi) is 6.75. The van der Waals surface area contributed by atoms with Crippen LogP contribution in [0.15, 0.2) is 0 Å². The van der Waals surface area contributed by atoms with Crippen molar-refractivity contribution < 1.29 is 18.3 Å². The first-order valence-electron chi connectivity index (χ1n) is 4.09. The van der Waals surface area contributed by atoms with Crippen LogP contribution >= 0.6 is 0 Å². The van der Waals surface area contributed by atoms with Crippen LogP contribution in [-0.2, 0) is 20.8 Å². The molecule has 0 bridgehead atoms. The third kappa shape index (κ3) is 6.68. The molecule has 0 radical (unpaired) electrons. The lowest BCUT2D eigenvalue weighted by atomic mass is 10.1. The van der Waals surface area contributed by atoms with E-state index >= 15 is 0 Å². The van der Waals surface area contributed by atoms with Crippen molar-refractivity contribution in [3.05, 3.63) is 0 Å². The molecule has 5 nitrogen and oxygen atoms in total. The van der Waals surface area contributed by atoms with Crippen molar-refractivity contribution in [2.24, 2.45) is 5.92 Å². The minimum atomic E-state index is -2.03. The normalized spacial score (nSPS) is 15.0. The van der Waals surface area contributed by atoms with Gasteiger partial charge < -0.3 is 4.74 Å². The number of esters is 1. The Morgan fingerprint density at radius 2 is 2.31 bits per heavy atom. The second kappa shape index (κ2) is 6.99. The maximum absolute atomic E-state index is 11.0. The predicted molar refractivity (Wildman–Crippen MR) is 49.2 cm³/mol. The summed E-state index contributed by atoms with van der Waals surface area (Å²) in [5.41, 5.74) is 0. The molecular weight excluding hydrogens is 194 g/mol. The number of ether oxygens (including phenoxy) is 1. The van der Waals surface area contributed by atoms with E-state index in [9.17, 15) is 9.00 Å². The highest BCUT2D eigenvalue weighted by Crippen LogP contribution is 2.02. The highest BCUT2D eigenvalue weighted by molar-refractivity contribution is 7.77. The Morgan fingerprint density at radius 3 is 2.77 bits per heavy atom. The molecule has 0 saturated heterocycles. The van der Waals surface area contributed by atoms with E-state index < -0.39 is 11.3 Å². The molecule has 0 aliphatic rings. The van der Waals surface area contributed by atoms with Gasteiger partial charge >= 0.3 is 5.97 Å². The number of carbonyl (C=O) groups is 1. The van der Waals surface area contributed by atoms with Crippen molar-refractivity contribution in [1.29, 1.82) is 0 Å². The lowest BCUT2D eigenvalue weighted by molar-refractivity contribution is -0.147.